The quantitative estimate of drug-likeness (QED) is 0.494. The molecule has 1 N–H and O–H groups in total. The van der Waals surface area contributed by atoms with Crippen LogP contribution >= 0.6 is 0 Å². The summed E-state index contributed by atoms with van der Waals surface area (Å²) in [5.74, 6) is 0. The molecular weight excluding hydrogens is 388 g/mol. The van der Waals surface area contributed by atoms with Gasteiger partial charge in [0, 0.05) is 0 Å². The van der Waals surface area contributed by atoms with E-state index in [0.29, 0.717) is 0 Å². The van der Waals surface area contributed by atoms with E-state index in [2.05, 4.69) is 30.8 Å². The van der Waals surface area contributed by atoms with Gasteiger partial charge in [0.05, 0.1) is 0 Å². The van der Waals surface area contributed by atoms with Crippen molar-refractivity contribution < 1.29 is 8.91 Å². The first-order valence-corrected chi connectivity index (χ1v) is 14.0. The Hall–Kier alpha value is -2.77. The van der Waals surface area contributed by atoms with Gasteiger partial charge in [-0.05, 0) is 27.3 Å². The Kier molecular flexibility index (Phi) is 5.60. The Morgan fingerprint density at radius 3 is 1.07 bits per heavy atom. The van der Waals surface area contributed by atoms with Gasteiger partial charge in [0.2, 0.25) is 8.32 Å². The fraction of sp³-hybridized carbons (Fsp3) is 0.0400. The van der Waals surface area contributed by atoms with E-state index in [1.54, 1.807) is 0 Å². The lowest BCUT2D eigenvalue weighted by atomic mass is 10.4. The minimum atomic E-state index is -3.44. The van der Waals surface area contributed by atoms with E-state index in [9.17, 15) is 4.80 Å². The highest BCUT2D eigenvalue weighted by molar-refractivity contribution is 7.06. The molecule has 4 aromatic rings. The van der Waals surface area contributed by atoms with Crippen molar-refractivity contribution in [3.63, 3.8) is 0 Å². The number of rotatable bonds is 6. The number of benzene rings is 4. The molecule has 4 aromatic carbocycles. The zero-order chi connectivity index (χ0) is 20.2. The minimum absolute atomic E-state index is 0.858. The summed E-state index contributed by atoms with van der Waals surface area (Å²) < 4.78 is 7.00. The van der Waals surface area contributed by atoms with Gasteiger partial charge in [0.1, 0.15) is 0 Å². The van der Waals surface area contributed by atoms with Crippen molar-refractivity contribution in [1.82, 2.24) is 0 Å². The molecule has 0 aliphatic heterocycles. The molecule has 0 heterocycles. The van der Waals surface area contributed by atoms with Gasteiger partial charge in [-0.25, -0.2) is 0 Å². The van der Waals surface area contributed by atoms with Crippen molar-refractivity contribution in [2.24, 2.45) is 0 Å². The topological polar surface area (TPSA) is 29.5 Å². The van der Waals surface area contributed by atoms with E-state index in [-0.39, 0.29) is 0 Å². The molecule has 4 heteroatoms. The molecule has 0 fully saturated rings. The maximum atomic E-state index is 12.2. The van der Waals surface area contributed by atoms with Crippen molar-refractivity contribution in [3.05, 3.63) is 121 Å². The van der Waals surface area contributed by atoms with Crippen molar-refractivity contribution in [2.45, 2.75) is 6.55 Å². The molecule has 0 atom stereocenters. The Morgan fingerprint density at radius 2 is 0.759 bits per heavy atom. The molecule has 0 saturated carbocycles. The average molecular weight is 413 g/mol. The fourth-order valence-corrected chi connectivity index (χ4v) is 11.6. The second-order valence-electron chi connectivity index (χ2n) is 7.24. The molecule has 0 amide bonds. The van der Waals surface area contributed by atoms with E-state index in [4.69, 9.17) is 4.12 Å². The monoisotopic (exact) mass is 412 g/mol. The predicted octanol–water partition coefficient (Wildman–Crippen LogP) is 2.64. The lowest BCUT2D eigenvalue weighted by Crippen LogP contribution is -2.72. The van der Waals surface area contributed by atoms with Gasteiger partial charge in [-0.2, -0.15) is 0 Å². The van der Waals surface area contributed by atoms with Crippen LogP contribution in [0.4, 0.5) is 0 Å². The molecule has 29 heavy (non-hydrogen) atoms. The predicted molar refractivity (Wildman–Crippen MR) is 125 cm³/mol. The molecule has 0 aliphatic carbocycles. The summed E-state index contributed by atoms with van der Waals surface area (Å²) in [6, 6.07) is 40.3. The normalized spacial score (nSPS) is 11.9. The molecule has 0 aromatic heterocycles. The Balaban J connectivity index is 1.91. The van der Waals surface area contributed by atoms with E-state index in [0.717, 1.165) is 20.7 Å². The SMILES string of the molecule is C[Si](O[Si](O)(c1ccccc1)c1ccccc1)(c1ccccc1)c1ccccc1. The zero-order valence-corrected chi connectivity index (χ0v) is 18.4. The van der Waals surface area contributed by atoms with E-state index >= 15 is 0 Å². The van der Waals surface area contributed by atoms with Crippen LogP contribution in [0.5, 0.6) is 0 Å². The highest BCUT2D eigenvalue weighted by Gasteiger charge is 2.47. The molecule has 0 unspecified atom stereocenters. The third kappa shape index (κ3) is 3.88. The molecule has 0 radical (unpaired) electrons. The highest BCUT2D eigenvalue weighted by atomic mass is 28.4. The summed E-state index contributed by atoms with van der Waals surface area (Å²) in [6.45, 7) is 2.18. The molecule has 0 spiro atoms. The van der Waals surface area contributed by atoms with Crippen LogP contribution in [0.3, 0.4) is 0 Å². The largest absolute Gasteiger partial charge is 0.422 e. The first-order chi connectivity index (χ1) is 14.1. The van der Waals surface area contributed by atoms with E-state index < -0.39 is 16.9 Å². The first kappa shape index (κ1) is 19.5. The molecule has 0 bridgehead atoms. The Labute approximate surface area is 174 Å². The maximum absolute atomic E-state index is 12.2. The van der Waals surface area contributed by atoms with E-state index in [1.807, 2.05) is 97.1 Å². The van der Waals surface area contributed by atoms with Gasteiger partial charge in [-0.1, -0.05) is 121 Å². The number of hydrogen-bond acceptors (Lipinski definition) is 2. The van der Waals surface area contributed by atoms with Gasteiger partial charge < -0.3 is 8.91 Å². The van der Waals surface area contributed by atoms with Crippen LogP contribution in [-0.2, 0) is 4.12 Å². The summed E-state index contributed by atoms with van der Waals surface area (Å²) in [5.41, 5.74) is 0. The molecular formula is C25H24O2Si2. The summed E-state index contributed by atoms with van der Waals surface area (Å²) >= 11 is 0. The van der Waals surface area contributed by atoms with Gasteiger partial charge in [0.15, 0.2) is 0 Å². The smallest absolute Gasteiger partial charge is 0.394 e. The Morgan fingerprint density at radius 1 is 0.483 bits per heavy atom. The second kappa shape index (κ2) is 8.31. The molecule has 144 valence electrons. The molecule has 2 nitrogen and oxygen atoms in total. The van der Waals surface area contributed by atoms with E-state index in [1.165, 1.54) is 0 Å². The van der Waals surface area contributed by atoms with Crippen LogP contribution in [0.25, 0.3) is 0 Å². The third-order valence-corrected chi connectivity index (χ3v) is 13.2. The van der Waals surface area contributed by atoms with Gasteiger partial charge >= 0.3 is 8.56 Å². The van der Waals surface area contributed by atoms with Crippen LogP contribution in [0.15, 0.2) is 121 Å². The lowest BCUT2D eigenvalue weighted by molar-refractivity contribution is 0.413. The number of hydrogen-bond donors (Lipinski definition) is 1. The summed E-state index contributed by atoms with van der Waals surface area (Å²) in [6.07, 6.45) is 0. The van der Waals surface area contributed by atoms with Crippen LogP contribution in [-0.4, -0.2) is 21.7 Å². The summed E-state index contributed by atoms with van der Waals surface area (Å²) in [4.78, 5) is 12.2. The minimum Gasteiger partial charge on any atom is -0.422 e. The van der Waals surface area contributed by atoms with Crippen LogP contribution < -0.4 is 20.7 Å². The highest BCUT2D eigenvalue weighted by Crippen LogP contribution is 2.15. The standard InChI is InChI=1S/C25H24O2Si2/c1-28(22-14-6-2-7-15-22,23-16-8-3-9-17-23)27-29(26,24-18-10-4-11-19-24)25-20-12-5-13-21-25/h2-21,26H,1H3. The van der Waals surface area contributed by atoms with Crippen molar-refractivity contribution in [3.8, 4) is 0 Å². The maximum Gasteiger partial charge on any atom is 0.394 e. The average Bonchev–Trinajstić information content (AvgIpc) is 2.81. The third-order valence-electron chi connectivity index (χ3n) is 5.33. The second-order valence-corrected chi connectivity index (χ2v) is 13.7. The van der Waals surface area contributed by atoms with Gasteiger partial charge in [-0.15, -0.1) is 0 Å². The fourth-order valence-electron chi connectivity index (χ4n) is 3.70. The van der Waals surface area contributed by atoms with Gasteiger partial charge in [-0.3, -0.25) is 0 Å². The van der Waals surface area contributed by atoms with Crippen LogP contribution in [0, 0.1) is 0 Å². The van der Waals surface area contributed by atoms with Crippen molar-refractivity contribution >= 4 is 37.6 Å². The van der Waals surface area contributed by atoms with Crippen molar-refractivity contribution in [2.75, 3.05) is 0 Å². The summed E-state index contributed by atoms with van der Waals surface area (Å²) in [5, 5.41) is 4.00. The Bertz CT molecular complexity index is 873. The summed E-state index contributed by atoms with van der Waals surface area (Å²) in [7, 11) is -6.13. The molecule has 0 saturated heterocycles. The van der Waals surface area contributed by atoms with Crippen LogP contribution in [0.2, 0.25) is 6.55 Å². The van der Waals surface area contributed by atoms with Crippen molar-refractivity contribution in [1.29, 1.82) is 0 Å². The van der Waals surface area contributed by atoms with Crippen LogP contribution in [0.1, 0.15) is 0 Å². The lowest BCUT2D eigenvalue weighted by Gasteiger charge is -2.37. The molecule has 0 aliphatic rings. The first-order valence-electron chi connectivity index (χ1n) is 9.77. The van der Waals surface area contributed by atoms with Gasteiger partial charge in [0.25, 0.3) is 0 Å². The zero-order valence-electron chi connectivity index (χ0n) is 16.4. The molecule has 4 rings (SSSR count).